The van der Waals surface area contributed by atoms with E-state index < -0.39 is 22.3 Å². The van der Waals surface area contributed by atoms with Crippen LogP contribution in [0, 0.1) is 10.1 Å². The van der Waals surface area contributed by atoms with Gasteiger partial charge in [0.05, 0.1) is 4.92 Å². The first-order valence-electron chi connectivity index (χ1n) is 3.30. The molecule has 6 nitrogen and oxygen atoms in total. The van der Waals surface area contributed by atoms with Crippen molar-refractivity contribution in [3.63, 3.8) is 0 Å². The molecule has 6 heteroatoms. The second kappa shape index (κ2) is 3.10. The summed E-state index contributed by atoms with van der Waals surface area (Å²) in [7, 11) is 0. The maximum absolute atomic E-state index is 10.7. The first-order chi connectivity index (χ1) is 6.04. The molecule has 68 valence electrons. The fourth-order valence-corrected chi connectivity index (χ4v) is 0.922. The number of amides is 1. The van der Waals surface area contributed by atoms with Gasteiger partial charge in [-0.05, 0) is 12.1 Å². The Labute approximate surface area is 72.7 Å². The third kappa shape index (κ3) is 1.56. The number of para-hydroxylation sites is 1. The first-order valence-corrected chi connectivity index (χ1v) is 3.30. The molecule has 1 amide bonds. The van der Waals surface area contributed by atoms with Crippen molar-refractivity contribution < 1.29 is 14.8 Å². The predicted molar refractivity (Wildman–Crippen MR) is 43.3 cm³/mol. The van der Waals surface area contributed by atoms with E-state index in [2.05, 4.69) is 0 Å². The summed E-state index contributed by atoms with van der Waals surface area (Å²) >= 11 is 0. The van der Waals surface area contributed by atoms with Gasteiger partial charge in [0.2, 0.25) is 0 Å². The van der Waals surface area contributed by atoms with E-state index in [-0.39, 0.29) is 5.56 Å². The fraction of sp³-hybridized carbons (Fsp3) is 0. The summed E-state index contributed by atoms with van der Waals surface area (Å²) in [6.07, 6.45) is 0. The molecule has 0 aliphatic heterocycles. The van der Waals surface area contributed by atoms with E-state index in [1.54, 1.807) is 0 Å². The number of phenols is 1. The smallest absolute Gasteiger partial charge is 0.323 e. The summed E-state index contributed by atoms with van der Waals surface area (Å²) in [5.41, 5.74) is 3.91. The summed E-state index contributed by atoms with van der Waals surface area (Å²) in [6.45, 7) is 0. The van der Waals surface area contributed by atoms with Crippen LogP contribution < -0.4 is 5.73 Å². The second-order valence-corrected chi connectivity index (χ2v) is 2.29. The zero-order valence-corrected chi connectivity index (χ0v) is 6.43. The molecule has 0 radical (unpaired) electrons. The Morgan fingerprint density at radius 2 is 2.15 bits per heavy atom. The number of aromatic hydroxyl groups is 1. The van der Waals surface area contributed by atoms with Crippen LogP contribution >= 0.6 is 0 Å². The number of hydrogen-bond donors (Lipinski definition) is 2. The average molecular weight is 182 g/mol. The third-order valence-corrected chi connectivity index (χ3v) is 1.46. The van der Waals surface area contributed by atoms with Gasteiger partial charge in [0, 0.05) is 0 Å². The molecule has 0 aromatic heterocycles. The van der Waals surface area contributed by atoms with Crippen molar-refractivity contribution in [3.05, 3.63) is 33.9 Å². The van der Waals surface area contributed by atoms with Gasteiger partial charge in [-0.2, -0.15) is 0 Å². The highest BCUT2D eigenvalue weighted by atomic mass is 16.6. The Hall–Kier alpha value is -2.11. The summed E-state index contributed by atoms with van der Waals surface area (Å²) < 4.78 is 0. The van der Waals surface area contributed by atoms with Crippen LogP contribution in [0.4, 0.5) is 5.69 Å². The highest BCUT2D eigenvalue weighted by Crippen LogP contribution is 2.28. The molecule has 13 heavy (non-hydrogen) atoms. The average Bonchev–Trinajstić information content (AvgIpc) is 2.02. The largest absolute Gasteiger partial charge is 0.502 e. The molecule has 0 atom stereocenters. The number of rotatable bonds is 2. The monoisotopic (exact) mass is 182 g/mol. The van der Waals surface area contributed by atoms with Crippen molar-refractivity contribution in [1.29, 1.82) is 0 Å². The van der Waals surface area contributed by atoms with Crippen molar-refractivity contribution in [3.8, 4) is 5.75 Å². The number of nitro benzene ring substituents is 1. The van der Waals surface area contributed by atoms with Crippen molar-refractivity contribution in [2.75, 3.05) is 0 Å². The molecule has 0 aliphatic carbocycles. The lowest BCUT2D eigenvalue weighted by atomic mass is 10.1. The number of carbonyl (C=O) groups is 1. The molecular formula is C7H6N2O4. The predicted octanol–water partition coefficient (Wildman–Crippen LogP) is 0.399. The molecule has 0 saturated heterocycles. The molecular weight excluding hydrogens is 176 g/mol. The number of nitrogens with two attached hydrogens (primary N) is 1. The van der Waals surface area contributed by atoms with Gasteiger partial charge in [-0.15, -0.1) is 0 Å². The topological polar surface area (TPSA) is 106 Å². The zero-order valence-electron chi connectivity index (χ0n) is 6.43. The Bertz CT molecular complexity index is 375. The fourth-order valence-electron chi connectivity index (χ4n) is 0.922. The Morgan fingerprint density at radius 1 is 1.54 bits per heavy atom. The minimum absolute atomic E-state index is 0.301. The van der Waals surface area contributed by atoms with Crippen molar-refractivity contribution in [2.45, 2.75) is 0 Å². The molecule has 0 unspecified atom stereocenters. The maximum atomic E-state index is 10.7. The van der Waals surface area contributed by atoms with Gasteiger partial charge < -0.3 is 10.8 Å². The molecule has 3 N–H and O–H groups in total. The highest BCUT2D eigenvalue weighted by molar-refractivity contribution is 5.97. The molecule has 0 fully saturated rings. The van der Waals surface area contributed by atoms with Crippen LogP contribution in [0.1, 0.15) is 10.4 Å². The van der Waals surface area contributed by atoms with Gasteiger partial charge in [0.15, 0.2) is 5.75 Å². The van der Waals surface area contributed by atoms with Crippen LogP contribution in [0.25, 0.3) is 0 Å². The minimum Gasteiger partial charge on any atom is -0.502 e. The lowest BCUT2D eigenvalue weighted by Gasteiger charge is -1.99. The summed E-state index contributed by atoms with van der Waals surface area (Å²) in [5.74, 6) is -1.51. The number of benzene rings is 1. The standard InChI is InChI=1S/C7H6N2O4/c8-7(11)4-2-1-3-5(10)6(4)9(12)13/h1-3,10H,(H2,8,11). The number of nitro groups is 1. The van der Waals surface area contributed by atoms with E-state index >= 15 is 0 Å². The van der Waals surface area contributed by atoms with Crippen LogP contribution in [-0.4, -0.2) is 15.9 Å². The van der Waals surface area contributed by atoms with Gasteiger partial charge in [0.25, 0.3) is 5.91 Å². The van der Waals surface area contributed by atoms with Crippen LogP contribution in [-0.2, 0) is 0 Å². The number of carbonyl (C=O) groups excluding carboxylic acids is 1. The van der Waals surface area contributed by atoms with E-state index in [0.717, 1.165) is 6.07 Å². The van der Waals surface area contributed by atoms with Crippen LogP contribution in [0.5, 0.6) is 5.75 Å². The number of nitrogens with zero attached hydrogens (tertiary/aromatic N) is 1. The number of hydrogen-bond acceptors (Lipinski definition) is 4. The van der Waals surface area contributed by atoms with E-state index in [9.17, 15) is 14.9 Å². The van der Waals surface area contributed by atoms with Crippen LogP contribution in [0.2, 0.25) is 0 Å². The van der Waals surface area contributed by atoms with Crippen molar-refractivity contribution >= 4 is 11.6 Å². The molecule has 0 spiro atoms. The molecule has 0 heterocycles. The molecule has 1 aromatic carbocycles. The van der Waals surface area contributed by atoms with Gasteiger partial charge in [0.1, 0.15) is 5.56 Å². The number of primary amides is 1. The molecule has 1 rings (SSSR count). The Morgan fingerprint density at radius 3 is 2.54 bits per heavy atom. The van der Waals surface area contributed by atoms with Crippen LogP contribution in [0.15, 0.2) is 18.2 Å². The summed E-state index contributed by atoms with van der Waals surface area (Å²) in [5, 5.41) is 19.4. The lowest BCUT2D eigenvalue weighted by molar-refractivity contribution is -0.386. The van der Waals surface area contributed by atoms with Gasteiger partial charge >= 0.3 is 5.69 Å². The van der Waals surface area contributed by atoms with Gasteiger partial charge in [-0.25, -0.2) is 0 Å². The second-order valence-electron chi connectivity index (χ2n) is 2.29. The molecule has 1 aromatic rings. The van der Waals surface area contributed by atoms with Gasteiger partial charge in [-0.3, -0.25) is 14.9 Å². The maximum Gasteiger partial charge on any atom is 0.323 e. The zero-order chi connectivity index (χ0) is 10.0. The molecule has 0 saturated carbocycles. The Kier molecular flexibility index (Phi) is 2.14. The minimum atomic E-state index is -0.942. The third-order valence-electron chi connectivity index (χ3n) is 1.46. The molecule has 0 bridgehead atoms. The Balaban J connectivity index is 3.43. The van der Waals surface area contributed by atoms with Gasteiger partial charge in [-0.1, -0.05) is 6.07 Å². The SMILES string of the molecule is NC(=O)c1cccc(O)c1[N+](=O)[O-]. The van der Waals surface area contributed by atoms with E-state index in [1.165, 1.54) is 12.1 Å². The van der Waals surface area contributed by atoms with Crippen molar-refractivity contribution in [1.82, 2.24) is 0 Å². The lowest BCUT2D eigenvalue weighted by Crippen LogP contribution is -2.13. The van der Waals surface area contributed by atoms with E-state index in [0.29, 0.717) is 0 Å². The highest BCUT2D eigenvalue weighted by Gasteiger charge is 2.22. The van der Waals surface area contributed by atoms with E-state index in [1.807, 2.05) is 0 Å². The van der Waals surface area contributed by atoms with E-state index in [4.69, 9.17) is 10.8 Å². The van der Waals surface area contributed by atoms with Crippen LogP contribution in [0.3, 0.4) is 0 Å². The molecule has 0 aliphatic rings. The quantitative estimate of drug-likeness (QED) is 0.509. The van der Waals surface area contributed by atoms with Crippen molar-refractivity contribution in [2.24, 2.45) is 5.73 Å². The summed E-state index contributed by atoms with van der Waals surface area (Å²) in [4.78, 5) is 20.2. The normalized spacial score (nSPS) is 9.54. The first kappa shape index (κ1) is 8.98. The summed E-state index contributed by atoms with van der Waals surface area (Å²) in [6, 6.07) is 3.60. The number of phenolic OH excluding ortho intramolecular Hbond substituents is 1.